The van der Waals surface area contributed by atoms with Crippen LogP contribution >= 0.6 is 11.3 Å². The fourth-order valence-electron chi connectivity index (χ4n) is 3.73. The summed E-state index contributed by atoms with van der Waals surface area (Å²) in [7, 11) is 0. The van der Waals surface area contributed by atoms with Crippen molar-refractivity contribution in [2.45, 2.75) is 33.2 Å². The van der Waals surface area contributed by atoms with Crippen LogP contribution in [-0.4, -0.2) is 42.1 Å². The van der Waals surface area contributed by atoms with Gasteiger partial charge in [0.05, 0.1) is 23.6 Å². The van der Waals surface area contributed by atoms with E-state index < -0.39 is 5.91 Å². The highest BCUT2D eigenvalue weighted by Crippen LogP contribution is 2.28. The summed E-state index contributed by atoms with van der Waals surface area (Å²) in [6.07, 6.45) is 0.429. The number of benzene rings is 2. The molecule has 0 aliphatic carbocycles. The first kappa shape index (κ1) is 22.9. The molecule has 3 aromatic rings. The van der Waals surface area contributed by atoms with Crippen LogP contribution in [0.15, 0.2) is 47.5 Å². The van der Waals surface area contributed by atoms with Crippen LogP contribution in [-0.2, 0) is 20.9 Å². The summed E-state index contributed by atoms with van der Waals surface area (Å²) in [4.78, 5) is 43.0. The number of carbonyl (C=O) groups excluding carboxylic acids is 3. The lowest BCUT2D eigenvalue weighted by Gasteiger charge is -2.13. The third-order valence-corrected chi connectivity index (χ3v) is 6.29. The van der Waals surface area contributed by atoms with Crippen molar-refractivity contribution in [3.63, 3.8) is 0 Å². The number of hydrogen-bond donors (Lipinski definition) is 0. The number of hydrogen-bond acceptors (Lipinski definition) is 6. The summed E-state index contributed by atoms with van der Waals surface area (Å²) in [5.41, 5.74) is 1.72. The average molecular weight is 468 g/mol. The van der Waals surface area contributed by atoms with Crippen LogP contribution in [0, 0.1) is 0 Å². The maximum atomic E-state index is 13.0. The fraction of sp³-hybridized carbons (Fsp3) is 0.333. The van der Waals surface area contributed by atoms with Crippen LogP contribution in [0.3, 0.4) is 0 Å². The van der Waals surface area contributed by atoms with Gasteiger partial charge in [0, 0.05) is 31.6 Å². The highest BCUT2D eigenvalue weighted by Gasteiger charge is 2.30. The lowest BCUT2D eigenvalue weighted by Crippen LogP contribution is -2.28. The van der Waals surface area contributed by atoms with E-state index in [0.717, 1.165) is 20.9 Å². The van der Waals surface area contributed by atoms with Crippen molar-refractivity contribution >= 4 is 45.0 Å². The van der Waals surface area contributed by atoms with Crippen LogP contribution in [0.2, 0.25) is 0 Å². The van der Waals surface area contributed by atoms with Gasteiger partial charge >= 0.3 is 0 Å². The molecule has 172 valence electrons. The van der Waals surface area contributed by atoms with Gasteiger partial charge in [-0.05, 0) is 50.2 Å². The van der Waals surface area contributed by atoms with Crippen molar-refractivity contribution in [1.29, 1.82) is 0 Å². The highest BCUT2D eigenvalue weighted by atomic mass is 32.1. The Hall–Kier alpha value is -3.30. The second-order valence-electron chi connectivity index (χ2n) is 7.36. The quantitative estimate of drug-likeness (QED) is 0.373. The normalized spacial score (nSPS) is 14.5. The van der Waals surface area contributed by atoms with Crippen LogP contribution in [0.1, 0.15) is 37.0 Å². The first-order chi connectivity index (χ1) is 16.0. The lowest BCUT2D eigenvalue weighted by molar-refractivity contribution is -0.121. The number of thiazole rings is 1. The maximum Gasteiger partial charge on any atom is 0.279 e. The molecule has 0 unspecified atom stereocenters. The summed E-state index contributed by atoms with van der Waals surface area (Å²) >= 11 is 1.41. The molecular formula is C24H25N3O5S. The molecule has 9 heteroatoms. The molecule has 1 fully saturated rings. The van der Waals surface area contributed by atoms with Crippen LogP contribution < -0.4 is 14.4 Å². The minimum absolute atomic E-state index is 0.215. The molecule has 1 aliphatic heterocycles. The molecule has 3 amide bonds. The zero-order chi connectivity index (χ0) is 23.4. The van der Waals surface area contributed by atoms with Gasteiger partial charge in [-0.2, -0.15) is 4.99 Å². The Labute approximate surface area is 195 Å². The predicted octanol–water partition coefficient (Wildman–Crippen LogP) is 3.53. The molecule has 8 nitrogen and oxygen atoms in total. The molecule has 0 radical (unpaired) electrons. The van der Waals surface area contributed by atoms with Crippen molar-refractivity contribution in [1.82, 2.24) is 4.57 Å². The van der Waals surface area contributed by atoms with Crippen molar-refractivity contribution in [3.05, 3.63) is 52.8 Å². The Bertz CT molecular complexity index is 1240. The number of amides is 3. The van der Waals surface area contributed by atoms with E-state index in [-0.39, 0.29) is 24.7 Å². The third-order valence-electron chi connectivity index (χ3n) is 5.25. The summed E-state index contributed by atoms with van der Waals surface area (Å²) in [5.74, 6) is -0.125. The van der Waals surface area contributed by atoms with Gasteiger partial charge in [-0.3, -0.25) is 19.3 Å². The first-order valence-corrected chi connectivity index (χ1v) is 11.7. The molecule has 0 spiro atoms. The van der Waals surface area contributed by atoms with Crippen molar-refractivity contribution < 1.29 is 23.9 Å². The Morgan fingerprint density at radius 1 is 1.03 bits per heavy atom. The van der Waals surface area contributed by atoms with Crippen LogP contribution in [0.5, 0.6) is 5.75 Å². The van der Waals surface area contributed by atoms with Gasteiger partial charge in [0.15, 0.2) is 4.80 Å². The predicted molar refractivity (Wildman–Crippen MR) is 126 cm³/mol. The standard InChI is InChI=1S/C24H25N3O5S/c1-3-31-15-14-26-22-18(32-4-2)6-5-7-19(22)33-24(26)25-23(30)16-8-10-17(11-9-16)27-20(28)12-13-21(27)29/h5-11H,3-4,12-15H2,1-2H3. The summed E-state index contributed by atoms with van der Waals surface area (Å²) in [6, 6.07) is 12.2. The molecule has 0 N–H and O–H groups in total. The SMILES string of the molecule is CCOCCn1c(=NC(=O)c2ccc(N3C(=O)CCC3=O)cc2)sc2cccc(OCC)c21. The van der Waals surface area contributed by atoms with E-state index in [1.165, 1.54) is 11.3 Å². The molecule has 0 saturated carbocycles. The number of aromatic nitrogens is 1. The number of fused-ring (bicyclic) bond motifs is 1. The maximum absolute atomic E-state index is 13.0. The molecule has 0 atom stereocenters. The highest BCUT2D eigenvalue weighted by molar-refractivity contribution is 7.16. The van der Waals surface area contributed by atoms with Crippen LogP contribution in [0.25, 0.3) is 10.2 Å². The van der Waals surface area contributed by atoms with Gasteiger partial charge in [0.1, 0.15) is 11.3 Å². The van der Waals surface area contributed by atoms with E-state index in [2.05, 4.69) is 4.99 Å². The van der Waals surface area contributed by atoms with Crippen molar-refractivity contribution in [2.24, 2.45) is 4.99 Å². The average Bonchev–Trinajstić information content (AvgIpc) is 3.33. The summed E-state index contributed by atoms with van der Waals surface area (Å²) in [6.45, 7) is 6.00. The van der Waals surface area contributed by atoms with E-state index in [1.54, 1.807) is 24.3 Å². The van der Waals surface area contributed by atoms with Gasteiger partial charge in [0.25, 0.3) is 5.91 Å². The smallest absolute Gasteiger partial charge is 0.279 e. The van der Waals surface area contributed by atoms with Gasteiger partial charge in [0.2, 0.25) is 11.8 Å². The Morgan fingerprint density at radius 3 is 2.42 bits per heavy atom. The van der Waals surface area contributed by atoms with E-state index in [1.807, 2.05) is 36.6 Å². The van der Waals surface area contributed by atoms with E-state index in [9.17, 15) is 14.4 Å². The van der Waals surface area contributed by atoms with E-state index in [0.29, 0.717) is 42.4 Å². The number of ether oxygens (including phenoxy) is 2. The molecule has 33 heavy (non-hydrogen) atoms. The second kappa shape index (κ2) is 10.1. The fourth-order valence-corrected chi connectivity index (χ4v) is 4.80. The zero-order valence-electron chi connectivity index (χ0n) is 18.6. The molecule has 1 aromatic heterocycles. The number of anilines is 1. The zero-order valence-corrected chi connectivity index (χ0v) is 19.4. The molecule has 2 aromatic carbocycles. The van der Waals surface area contributed by atoms with Crippen molar-refractivity contribution in [3.8, 4) is 5.75 Å². The minimum Gasteiger partial charge on any atom is -0.492 e. The Kier molecular flexibility index (Phi) is 7.00. The Balaban J connectivity index is 1.69. The second-order valence-corrected chi connectivity index (χ2v) is 8.36. The largest absolute Gasteiger partial charge is 0.492 e. The lowest BCUT2D eigenvalue weighted by atomic mass is 10.2. The number of nitrogens with zero attached hydrogens (tertiary/aromatic N) is 3. The van der Waals surface area contributed by atoms with Crippen LogP contribution in [0.4, 0.5) is 5.69 Å². The molecule has 1 saturated heterocycles. The van der Waals surface area contributed by atoms with E-state index in [4.69, 9.17) is 9.47 Å². The molecule has 4 rings (SSSR count). The summed E-state index contributed by atoms with van der Waals surface area (Å²) in [5, 5.41) is 0. The third kappa shape index (κ3) is 4.74. The Morgan fingerprint density at radius 2 is 1.76 bits per heavy atom. The van der Waals surface area contributed by atoms with Crippen molar-refractivity contribution in [2.75, 3.05) is 24.7 Å². The molecular weight excluding hydrogens is 442 g/mol. The monoisotopic (exact) mass is 467 g/mol. The minimum atomic E-state index is -0.407. The molecule has 2 heterocycles. The number of imide groups is 1. The number of carbonyl (C=O) groups is 3. The van der Waals surface area contributed by atoms with Gasteiger partial charge < -0.3 is 14.0 Å². The number of para-hydroxylation sites is 1. The topological polar surface area (TPSA) is 90.2 Å². The van der Waals surface area contributed by atoms with Gasteiger partial charge in [-0.15, -0.1) is 0 Å². The summed E-state index contributed by atoms with van der Waals surface area (Å²) < 4.78 is 14.3. The van der Waals surface area contributed by atoms with Gasteiger partial charge in [-0.25, -0.2) is 0 Å². The first-order valence-electron chi connectivity index (χ1n) is 10.9. The molecule has 0 bridgehead atoms. The number of rotatable bonds is 8. The van der Waals surface area contributed by atoms with E-state index >= 15 is 0 Å². The van der Waals surface area contributed by atoms with Gasteiger partial charge in [-0.1, -0.05) is 17.4 Å². The molecule has 1 aliphatic rings.